The Bertz CT molecular complexity index is 229. The maximum Gasteiger partial charge on any atom is 0.283 e. The first-order valence-electron chi connectivity index (χ1n) is 3.49. The van der Waals surface area contributed by atoms with Crippen molar-refractivity contribution in [1.82, 2.24) is 10.2 Å². The highest BCUT2D eigenvalue weighted by atomic mass is 16.4. The van der Waals surface area contributed by atoms with Crippen LogP contribution >= 0.6 is 0 Å². The zero-order chi connectivity index (χ0) is 8.27. The average molecular weight is 154 g/mol. The fourth-order valence-corrected chi connectivity index (χ4v) is 0.753. The number of carbonyl (C=O) groups is 1. The third-order valence-corrected chi connectivity index (χ3v) is 1.19. The number of aromatic nitrogens is 2. The summed E-state index contributed by atoms with van der Waals surface area (Å²) in [6.45, 7) is 3.93. The van der Waals surface area contributed by atoms with Crippen molar-refractivity contribution in [1.29, 1.82) is 0 Å². The van der Waals surface area contributed by atoms with Gasteiger partial charge in [-0.1, -0.05) is 13.8 Å². The van der Waals surface area contributed by atoms with Crippen LogP contribution in [0.4, 0.5) is 0 Å². The predicted molar refractivity (Wildman–Crippen MR) is 38.1 cm³/mol. The van der Waals surface area contributed by atoms with Crippen LogP contribution in [0.1, 0.15) is 31.0 Å². The summed E-state index contributed by atoms with van der Waals surface area (Å²) in [5, 5.41) is 6.92. The molecule has 4 heteroatoms. The van der Waals surface area contributed by atoms with Crippen molar-refractivity contribution in [3.05, 3.63) is 12.3 Å². The van der Waals surface area contributed by atoms with E-state index in [1.807, 2.05) is 13.8 Å². The molecule has 0 aromatic carbocycles. The van der Waals surface area contributed by atoms with E-state index in [1.165, 1.54) is 0 Å². The van der Waals surface area contributed by atoms with Gasteiger partial charge < -0.3 is 4.42 Å². The lowest BCUT2D eigenvalue weighted by atomic mass is 10.1. The van der Waals surface area contributed by atoms with Gasteiger partial charge in [-0.05, 0) is 5.92 Å². The highest BCUT2D eigenvalue weighted by Gasteiger charge is 2.12. The van der Waals surface area contributed by atoms with Crippen molar-refractivity contribution >= 4 is 5.78 Å². The van der Waals surface area contributed by atoms with Crippen LogP contribution in [0.25, 0.3) is 0 Å². The molecule has 0 aliphatic carbocycles. The Labute approximate surface area is 64.6 Å². The summed E-state index contributed by atoms with van der Waals surface area (Å²) in [7, 11) is 0. The Balaban J connectivity index is 2.57. The minimum atomic E-state index is -0.0856. The second kappa shape index (κ2) is 3.27. The molecule has 0 fully saturated rings. The second-order valence-corrected chi connectivity index (χ2v) is 2.77. The molecule has 1 aromatic rings. The van der Waals surface area contributed by atoms with Gasteiger partial charge in [0, 0.05) is 6.42 Å². The van der Waals surface area contributed by atoms with E-state index in [4.69, 9.17) is 4.42 Å². The molecule has 0 bridgehead atoms. The first-order chi connectivity index (χ1) is 5.20. The molecular weight excluding hydrogens is 144 g/mol. The number of ketones is 1. The lowest BCUT2D eigenvalue weighted by Gasteiger charge is -1.97. The summed E-state index contributed by atoms with van der Waals surface area (Å²) in [5.41, 5.74) is 0. The summed E-state index contributed by atoms with van der Waals surface area (Å²) < 4.78 is 4.72. The van der Waals surface area contributed by atoms with Crippen molar-refractivity contribution in [2.75, 3.05) is 0 Å². The molecule has 1 heterocycles. The van der Waals surface area contributed by atoms with Gasteiger partial charge in [0.15, 0.2) is 0 Å². The van der Waals surface area contributed by atoms with Gasteiger partial charge in [-0.25, -0.2) is 0 Å². The van der Waals surface area contributed by atoms with Crippen LogP contribution in [0.3, 0.4) is 0 Å². The Hall–Kier alpha value is -1.19. The van der Waals surface area contributed by atoms with Crippen molar-refractivity contribution < 1.29 is 9.21 Å². The van der Waals surface area contributed by atoms with Gasteiger partial charge in [-0.3, -0.25) is 4.79 Å². The van der Waals surface area contributed by atoms with Crippen LogP contribution in [0.2, 0.25) is 0 Å². The second-order valence-electron chi connectivity index (χ2n) is 2.77. The van der Waals surface area contributed by atoms with Crippen LogP contribution < -0.4 is 0 Å². The number of hydrogen-bond donors (Lipinski definition) is 0. The Kier molecular flexibility index (Phi) is 2.36. The van der Waals surface area contributed by atoms with E-state index in [2.05, 4.69) is 10.2 Å². The molecule has 1 aromatic heterocycles. The minimum Gasteiger partial charge on any atom is -0.421 e. The standard InChI is InChI=1S/C7H10N2O2/c1-5(2)3-6(10)7-9-8-4-11-7/h4-5H,3H2,1-2H3. The zero-order valence-corrected chi connectivity index (χ0v) is 6.57. The molecule has 0 saturated carbocycles. The number of carbonyl (C=O) groups excluding carboxylic acids is 1. The SMILES string of the molecule is CC(C)CC(=O)c1nnco1. The predicted octanol–water partition coefficient (Wildman–Crippen LogP) is 1.30. The largest absolute Gasteiger partial charge is 0.421 e. The monoisotopic (exact) mass is 154 g/mol. The van der Waals surface area contributed by atoms with Gasteiger partial charge in [0.2, 0.25) is 12.2 Å². The summed E-state index contributed by atoms with van der Waals surface area (Å²) in [6, 6.07) is 0. The molecule has 0 N–H and O–H groups in total. The first-order valence-corrected chi connectivity index (χ1v) is 3.49. The quantitative estimate of drug-likeness (QED) is 0.615. The van der Waals surface area contributed by atoms with Crippen molar-refractivity contribution in [3.8, 4) is 0 Å². The molecule has 0 aliphatic heterocycles. The van der Waals surface area contributed by atoms with E-state index in [0.29, 0.717) is 12.3 Å². The zero-order valence-electron chi connectivity index (χ0n) is 6.57. The summed E-state index contributed by atoms with van der Waals surface area (Å²) in [5.74, 6) is 0.352. The van der Waals surface area contributed by atoms with Crippen LogP contribution in [-0.2, 0) is 0 Å². The summed E-state index contributed by atoms with van der Waals surface area (Å²) >= 11 is 0. The molecule has 0 radical (unpaired) electrons. The molecule has 0 unspecified atom stereocenters. The molecule has 1 rings (SSSR count). The Morgan fingerprint density at radius 2 is 2.45 bits per heavy atom. The normalized spacial score (nSPS) is 10.5. The van der Waals surface area contributed by atoms with Gasteiger partial charge >= 0.3 is 0 Å². The van der Waals surface area contributed by atoms with Crippen LogP contribution in [-0.4, -0.2) is 16.0 Å². The minimum absolute atomic E-state index is 0.0856. The maximum atomic E-state index is 11.1. The third-order valence-electron chi connectivity index (χ3n) is 1.19. The van der Waals surface area contributed by atoms with Crippen molar-refractivity contribution in [2.45, 2.75) is 20.3 Å². The van der Waals surface area contributed by atoms with Gasteiger partial charge in [-0.15, -0.1) is 10.2 Å². The highest BCUT2D eigenvalue weighted by Crippen LogP contribution is 2.05. The molecule has 4 nitrogen and oxygen atoms in total. The Morgan fingerprint density at radius 1 is 1.73 bits per heavy atom. The highest BCUT2D eigenvalue weighted by molar-refractivity contribution is 5.91. The third kappa shape index (κ3) is 2.14. The van der Waals surface area contributed by atoms with Gasteiger partial charge in [0.05, 0.1) is 0 Å². The fraction of sp³-hybridized carbons (Fsp3) is 0.571. The summed E-state index contributed by atoms with van der Waals surface area (Å²) in [6.07, 6.45) is 1.62. The van der Waals surface area contributed by atoms with Crippen molar-refractivity contribution in [3.63, 3.8) is 0 Å². The number of hydrogen-bond acceptors (Lipinski definition) is 4. The van der Waals surface area contributed by atoms with Crippen molar-refractivity contribution in [2.24, 2.45) is 5.92 Å². The number of rotatable bonds is 3. The number of nitrogens with zero attached hydrogens (tertiary/aromatic N) is 2. The van der Waals surface area contributed by atoms with Gasteiger partial charge in [0.1, 0.15) is 0 Å². The smallest absolute Gasteiger partial charge is 0.283 e. The molecule has 0 atom stereocenters. The first kappa shape index (κ1) is 7.91. The van der Waals surface area contributed by atoms with E-state index >= 15 is 0 Å². The van der Waals surface area contributed by atoms with Crippen LogP contribution in [0.15, 0.2) is 10.8 Å². The van der Waals surface area contributed by atoms with E-state index in [9.17, 15) is 4.79 Å². The lowest BCUT2D eigenvalue weighted by Crippen LogP contribution is -2.03. The molecule has 0 saturated heterocycles. The summed E-state index contributed by atoms with van der Waals surface area (Å²) in [4.78, 5) is 11.1. The fourth-order valence-electron chi connectivity index (χ4n) is 0.753. The van der Waals surface area contributed by atoms with Gasteiger partial charge in [0.25, 0.3) is 5.89 Å². The molecular formula is C7H10N2O2. The van der Waals surface area contributed by atoms with Crippen LogP contribution in [0.5, 0.6) is 0 Å². The van der Waals surface area contributed by atoms with E-state index in [1.54, 1.807) is 0 Å². The van der Waals surface area contributed by atoms with E-state index in [-0.39, 0.29) is 11.7 Å². The number of Topliss-reactive ketones (excluding diaryl/α,β-unsaturated/α-hetero) is 1. The molecule has 0 spiro atoms. The molecule has 0 amide bonds. The topological polar surface area (TPSA) is 56.0 Å². The average Bonchev–Trinajstić information content (AvgIpc) is 2.35. The molecule has 0 aliphatic rings. The Morgan fingerprint density at radius 3 is 2.91 bits per heavy atom. The van der Waals surface area contributed by atoms with Crippen LogP contribution in [0, 0.1) is 5.92 Å². The molecule has 60 valence electrons. The lowest BCUT2D eigenvalue weighted by molar-refractivity contribution is 0.0933. The van der Waals surface area contributed by atoms with Gasteiger partial charge in [-0.2, -0.15) is 0 Å². The maximum absolute atomic E-state index is 11.1. The molecule has 11 heavy (non-hydrogen) atoms. The van der Waals surface area contributed by atoms with E-state index in [0.717, 1.165) is 6.39 Å². The van der Waals surface area contributed by atoms with E-state index < -0.39 is 0 Å².